The first kappa shape index (κ1) is 14.5. The fourth-order valence-corrected chi connectivity index (χ4v) is 3.15. The molecular weight excluding hydrogens is 312 g/mol. The number of benzene rings is 1. The fourth-order valence-electron chi connectivity index (χ4n) is 2.22. The molecule has 0 radical (unpaired) electrons. The molecule has 3 atom stereocenters. The van der Waals surface area contributed by atoms with Crippen LogP contribution in [0.5, 0.6) is 17.2 Å². The smallest absolute Gasteiger partial charge is 0.203 e. The van der Waals surface area contributed by atoms with Crippen LogP contribution in [-0.4, -0.2) is 38.4 Å². The summed E-state index contributed by atoms with van der Waals surface area (Å²) in [6.45, 7) is 1.99. The third-order valence-electron chi connectivity index (χ3n) is 3.33. The van der Waals surface area contributed by atoms with Crippen molar-refractivity contribution < 1.29 is 18.9 Å². The monoisotopic (exact) mass is 330 g/mol. The maximum Gasteiger partial charge on any atom is 0.203 e. The molecule has 4 nitrogen and oxygen atoms in total. The van der Waals surface area contributed by atoms with Gasteiger partial charge in [-0.05, 0) is 24.6 Å². The fraction of sp³-hybridized carbons (Fsp3) is 0.571. The lowest BCUT2D eigenvalue weighted by atomic mass is 9.91. The number of aryl methyl sites for hydroxylation is 1. The van der Waals surface area contributed by atoms with Crippen molar-refractivity contribution in [3.05, 3.63) is 17.7 Å². The lowest BCUT2D eigenvalue weighted by molar-refractivity contribution is -0.0560. The van der Waals surface area contributed by atoms with Crippen LogP contribution in [0.4, 0.5) is 0 Å². The molecule has 0 aliphatic heterocycles. The van der Waals surface area contributed by atoms with Crippen LogP contribution in [0.3, 0.4) is 0 Å². The van der Waals surface area contributed by atoms with Crippen molar-refractivity contribution >= 4 is 15.9 Å². The van der Waals surface area contributed by atoms with Crippen LogP contribution in [0, 0.1) is 6.92 Å². The van der Waals surface area contributed by atoms with Crippen LogP contribution in [-0.2, 0) is 4.74 Å². The Bertz CT molecular complexity index is 424. The number of ether oxygens (including phenoxy) is 4. The second-order valence-electron chi connectivity index (χ2n) is 4.61. The van der Waals surface area contributed by atoms with Gasteiger partial charge < -0.3 is 18.9 Å². The van der Waals surface area contributed by atoms with Gasteiger partial charge in [0, 0.05) is 18.4 Å². The lowest BCUT2D eigenvalue weighted by Gasteiger charge is -2.40. The van der Waals surface area contributed by atoms with E-state index in [1.54, 1.807) is 21.3 Å². The molecule has 5 heteroatoms. The molecule has 0 saturated heterocycles. The highest BCUT2D eigenvalue weighted by Crippen LogP contribution is 2.42. The minimum atomic E-state index is 0.0138. The van der Waals surface area contributed by atoms with Gasteiger partial charge in [-0.15, -0.1) is 0 Å². The molecular formula is C14H19BrO4. The molecule has 0 amide bonds. The van der Waals surface area contributed by atoms with Gasteiger partial charge >= 0.3 is 0 Å². The molecule has 0 bridgehead atoms. The zero-order valence-corrected chi connectivity index (χ0v) is 13.2. The molecule has 2 rings (SSSR count). The number of hydrogen-bond donors (Lipinski definition) is 0. The first-order chi connectivity index (χ1) is 9.10. The molecule has 1 aliphatic carbocycles. The predicted octanol–water partition coefficient (Wildman–Crippen LogP) is 2.94. The first-order valence-electron chi connectivity index (χ1n) is 6.16. The van der Waals surface area contributed by atoms with Gasteiger partial charge in [-0.1, -0.05) is 15.9 Å². The van der Waals surface area contributed by atoms with Crippen LogP contribution in [0.1, 0.15) is 12.0 Å². The SMILES string of the molecule is COc1cc(C)cc(OC)c1OC1CC(Br)C1OC. The first-order valence-corrected chi connectivity index (χ1v) is 7.08. The van der Waals surface area contributed by atoms with Gasteiger partial charge in [-0.3, -0.25) is 0 Å². The number of hydrogen-bond acceptors (Lipinski definition) is 4. The summed E-state index contributed by atoms with van der Waals surface area (Å²) in [4.78, 5) is 0.338. The third kappa shape index (κ3) is 2.82. The van der Waals surface area contributed by atoms with Gasteiger partial charge in [0.25, 0.3) is 0 Å². The second-order valence-corrected chi connectivity index (χ2v) is 5.78. The maximum absolute atomic E-state index is 6.02. The Balaban J connectivity index is 2.24. The van der Waals surface area contributed by atoms with E-state index >= 15 is 0 Å². The molecule has 0 N–H and O–H groups in total. The van der Waals surface area contributed by atoms with Crippen LogP contribution >= 0.6 is 15.9 Å². The highest BCUT2D eigenvalue weighted by molar-refractivity contribution is 9.09. The molecule has 106 valence electrons. The maximum atomic E-state index is 6.02. The van der Waals surface area contributed by atoms with Crippen LogP contribution in [0.2, 0.25) is 0 Å². The lowest BCUT2D eigenvalue weighted by Crippen LogP contribution is -2.51. The van der Waals surface area contributed by atoms with Gasteiger partial charge in [0.2, 0.25) is 5.75 Å². The van der Waals surface area contributed by atoms with E-state index in [-0.39, 0.29) is 12.2 Å². The largest absolute Gasteiger partial charge is 0.493 e. The second kappa shape index (κ2) is 6.01. The van der Waals surface area contributed by atoms with E-state index in [1.807, 2.05) is 19.1 Å². The highest BCUT2D eigenvalue weighted by Gasteiger charge is 2.42. The normalized spacial score (nSPS) is 25.6. The quantitative estimate of drug-likeness (QED) is 0.778. The molecule has 1 aromatic rings. The number of halogens is 1. The Morgan fingerprint density at radius 1 is 1.11 bits per heavy atom. The molecule has 0 heterocycles. The van der Waals surface area contributed by atoms with Crippen molar-refractivity contribution in [2.75, 3.05) is 21.3 Å². The Kier molecular flexibility index (Phi) is 4.58. The summed E-state index contributed by atoms with van der Waals surface area (Å²) < 4.78 is 22.2. The zero-order valence-electron chi connectivity index (χ0n) is 11.6. The van der Waals surface area contributed by atoms with Crippen molar-refractivity contribution in [3.63, 3.8) is 0 Å². The van der Waals surface area contributed by atoms with Crippen LogP contribution < -0.4 is 14.2 Å². The topological polar surface area (TPSA) is 36.9 Å². The van der Waals surface area contributed by atoms with Gasteiger partial charge in [-0.2, -0.15) is 0 Å². The predicted molar refractivity (Wildman–Crippen MR) is 76.8 cm³/mol. The minimum absolute atomic E-state index is 0.0138. The summed E-state index contributed by atoms with van der Waals surface area (Å²) in [6, 6.07) is 3.87. The molecule has 0 aromatic heterocycles. The summed E-state index contributed by atoms with van der Waals surface area (Å²) in [5.74, 6) is 2.01. The van der Waals surface area contributed by atoms with Crippen LogP contribution in [0.25, 0.3) is 0 Å². The average Bonchev–Trinajstić information content (AvgIpc) is 2.39. The van der Waals surface area contributed by atoms with Crippen LogP contribution in [0.15, 0.2) is 12.1 Å². The van der Waals surface area contributed by atoms with Crippen molar-refractivity contribution in [2.45, 2.75) is 30.4 Å². The van der Waals surface area contributed by atoms with E-state index < -0.39 is 0 Å². The van der Waals surface area contributed by atoms with Gasteiger partial charge in [0.05, 0.1) is 14.2 Å². The van der Waals surface area contributed by atoms with E-state index in [2.05, 4.69) is 15.9 Å². The Labute approximate surface area is 122 Å². The van der Waals surface area contributed by atoms with Crippen molar-refractivity contribution in [3.8, 4) is 17.2 Å². The van der Waals surface area contributed by atoms with E-state index in [1.165, 1.54) is 0 Å². The molecule has 3 unspecified atom stereocenters. The average molecular weight is 331 g/mol. The van der Waals surface area contributed by atoms with E-state index in [9.17, 15) is 0 Å². The molecule has 1 fully saturated rings. The van der Waals surface area contributed by atoms with E-state index in [0.29, 0.717) is 22.1 Å². The number of rotatable bonds is 5. The minimum Gasteiger partial charge on any atom is -0.493 e. The Hall–Kier alpha value is -0.940. The zero-order chi connectivity index (χ0) is 14.0. The summed E-state index contributed by atoms with van der Waals surface area (Å²) >= 11 is 3.56. The van der Waals surface area contributed by atoms with E-state index in [0.717, 1.165) is 12.0 Å². The summed E-state index contributed by atoms with van der Waals surface area (Å²) in [5, 5.41) is 0. The van der Waals surface area contributed by atoms with Crippen molar-refractivity contribution in [1.82, 2.24) is 0 Å². The third-order valence-corrected chi connectivity index (χ3v) is 4.22. The number of alkyl halides is 1. The Morgan fingerprint density at radius 3 is 2.11 bits per heavy atom. The highest BCUT2D eigenvalue weighted by atomic mass is 79.9. The summed E-state index contributed by atoms with van der Waals surface area (Å²) in [7, 11) is 4.95. The van der Waals surface area contributed by atoms with Crippen molar-refractivity contribution in [2.24, 2.45) is 0 Å². The molecule has 19 heavy (non-hydrogen) atoms. The standard InChI is InChI=1S/C14H19BrO4/c1-8-5-10(16-2)14(11(6-8)17-3)19-12-7-9(15)13(12)18-4/h5-6,9,12-13H,7H2,1-4H3. The summed E-state index contributed by atoms with van der Waals surface area (Å²) in [5.41, 5.74) is 1.07. The van der Waals surface area contributed by atoms with Crippen molar-refractivity contribution in [1.29, 1.82) is 0 Å². The van der Waals surface area contributed by atoms with E-state index in [4.69, 9.17) is 18.9 Å². The molecule has 0 spiro atoms. The van der Waals surface area contributed by atoms with Gasteiger partial charge in [0.15, 0.2) is 11.5 Å². The number of methoxy groups -OCH3 is 3. The molecule has 1 aliphatic rings. The summed E-state index contributed by atoms with van der Waals surface area (Å²) in [6.07, 6.45) is 0.967. The molecule has 1 aromatic carbocycles. The Morgan fingerprint density at radius 2 is 1.68 bits per heavy atom. The molecule has 1 saturated carbocycles. The van der Waals surface area contributed by atoms with Gasteiger partial charge in [0.1, 0.15) is 12.2 Å². The van der Waals surface area contributed by atoms with Gasteiger partial charge in [-0.25, -0.2) is 0 Å².